The molecule has 0 unspecified atom stereocenters. The fraction of sp³-hybridized carbons (Fsp3) is 0.389. The number of para-hydroxylation sites is 2. The predicted octanol–water partition coefficient (Wildman–Crippen LogP) is 3.14. The largest absolute Gasteiger partial charge is 0.351 e. The lowest BCUT2D eigenvalue weighted by Crippen LogP contribution is -2.26. The summed E-state index contributed by atoms with van der Waals surface area (Å²) in [4.78, 5) is 16.8. The number of aryl methyl sites for hydroxylation is 1. The predicted molar refractivity (Wildman–Crippen MR) is 92.0 cm³/mol. The normalized spacial score (nSPS) is 11.3. The second kappa shape index (κ2) is 6.86. The number of amides is 1. The van der Waals surface area contributed by atoms with E-state index < -0.39 is 0 Å². The molecule has 6 heteroatoms. The van der Waals surface area contributed by atoms with Crippen LogP contribution in [0.25, 0.3) is 11.0 Å². The van der Waals surface area contributed by atoms with E-state index in [2.05, 4.69) is 33.0 Å². The van der Waals surface area contributed by atoms with Crippen molar-refractivity contribution in [1.82, 2.24) is 20.0 Å². The quantitative estimate of drug-likeness (QED) is 0.755. The van der Waals surface area contributed by atoms with Crippen molar-refractivity contribution in [2.75, 3.05) is 6.54 Å². The molecular weight excluding hydrogens is 304 g/mol. The van der Waals surface area contributed by atoms with Crippen LogP contribution in [0.3, 0.4) is 0 Å². The fourth-order valence-corrected chi connectivity index (χ4v) is 2.71. The number of nitrogens with zero attached hydrogens (tertiary/aromatic N) is 3. The second-order valence-corrected chi connectivity index (χ2v) is 6.04. The number of benzene rings is 1. The molecule has 24 heavy (non-hydrogen) atoms. The Kier molecular flexibility index (Phi) is 4.64. The van der Waals surface area contributed by atoms with Gasteiger partial charge in [-0.15, -0.1) is 0 Å². The van der Waals surface area contributed by atoms with Crippen LogP contribution < -0.4 is 5.32 Å². The molecule has 3 aromatic rings. The summed E-state index contributed by atoms with van der Waals surface area (Å²) in [6, 6.07) is 9.76. The smallest absolute Gasteiger partial charge is 0.289 e. The van der Waals surface area contributed by atoms with Crippen LogP contribution in [0.15, 0.2) is 34.9 Å². The number of carbonyl (C=O) groups is 1. The van der Waals surface area contributed by atoms with E-state index in [9.17, 15) is 4.79 Å². The molecule has 1 aromatic carbocycles. The summed E-state index contributed by atoms with van der Waals surface area (Å²) in [6.45, 7) is 7.46. The Bertz CT molecular complexity index is 848. The average Bonchev–Trinajstić information content (AvgIpc) is 3.19. The molecule has 126 valence electrons. The van der Waals surface area contributed by atoms with Crippen molar-refractivity contribution in [3.63, 3.8) is 0 Å². The molecule has 2 heterocycles. The zero-order valence-corrected chi connectivity index (χ0v) is 14.2. The molecule has 0 aliphatic heterocycles. The number of imidazole rings is 1. The third kappa shape index (κ3) is 3.18. The van der Waals surface area contributed by atoms with Crippen LogP contribution in [0.2, 0.25) is 0 Å². The second-order valence-electron chi connectivity index (χ2n) is 6.04. The summed E-state index contributed by atoms with van der Waals surface area (Å²) >= 11 is 0. The Morgan fingerprint density at radius 1 is 1.33 bits per heavy atom. The highest BCUT2D eigenvalue weighted by atomic mass is 16.5. The minimum atomic E-state index is -0.242. The van der Waals surface area contributed by atoms with Crippen molar-refractivity contribution in [3.05, 3.63) is 47.6 Å². The van der Waals surface area contributed by atoms with E-state index in [1.54, 1.807) is 6.07 Å². The summed E-state index contributed by atoms with van der Waals surface area (Å²) in [6.07, 6.45) is 0.666. The highest BCUT2D eigenvalue weighted by Crippen LogP contribution is 2.16. The number of rotatable bonds is 6. The van der Waals surface area contributed by atoms with Gasteiger partial charge < -0.3 is 14.4 Å². The zero-order valence-electron chi connectivity index (χ0n) is 14.2. The number of fused-ring (bicyclic) bond motifs is 1. The van der Waals surface area contributed by atoms with Crippen LogP contribution >= 0.6 is 0 Å². The van der Waals surface area contributed by atoms with Crippen LogP contribution in [0.1, 0.15) is 48.8 Å². The van der Waals surface area contributed by atoms with Crippen LogP contribution in [0.4, 0.5) is 0 Å². The maximum absolute atomic E-state index is 12.1. The summed E-state index contributed by atoms with van der Waals surface area (Å²) in [5.74, 6) is 1.22. The lowest BCUT2D eigenvalue weighted by atomic mass is 10.1. The number of hydrogen-bond acceptors (Lipinski definition) is 4. The molecule has 2 aromatic heterocycles. The molecule has 0 radical (unpaired) electrons. The third-order valence-corrected chi connectivity index (χ3v) is 4.03. The first kappa shape index (κ1) is 16.2. The first-order valence-electron chi connectivity index (χ1n) is 8.29. The van der Waals surface area contributed by atoms with Gasteiger partial charge in [0, 0.05) is 25.6 Å². The summed E-state index contributed by atoms with van der Waals surface area (Å²) in [7, 11) is 0. The number of hydrogen-bond donors (Lipinski definition) is 1. The Morgan fingerprint density at radius 2 is 2.12 bits per heavy atom. The minimum absolute atomic E-state index is 0.236. The SMILES string of the molecule is CCn1c(CCNC(=O)c2cc(C(C)C)no2)nc2ccccc21. The Morgan fingerprint density at radius 3 is 2.83 bits per heavy atom. The van der Waals surface area contributed by atoms with Crippen molar-refractivity contribution >= 4 is 16.9 Å². The van der Waals surface area contributed by atoms with Gasteiger partial charge in [-0.2, -0.15) is 0 Å². The maximum Gasteiger partial charge on any atom is 0.289 e. The van der Waals surface area contributed by atoms with Gasteiger partial charge in [0.2, 0.25) is 5.76 Å². The standard InChI is InChI=1S/C18H22N4O2/c1-4-22-15-8-6-5-7-13(15)20-17(22)9-10-19-18(23)16-11-14(12(2)3)21-24-16/h5-8,11-12H,4,9-10H2,1-3H3,(H,19,23). The van der Waals surface area contributed by atoms with Crippen molar-refractivity contribution in [2.24, 2.45) is 0 Å². The first-order chi connectivity index (χ1) is 11.6. The third-order valence-electron chi connectivity index (χ3n) is 4.03. The molecule has 0 fully saturated rings. The Balaban J connectivity index is 1.64. The first-order valence-corrected chi connectivity index (χ1v) is 8.29. The van der Waals surface area contributed by atoms with E-state index in [1.807, 2.05) is 32.0 Å². The summed E-state index contributed by atoms with van der Waals surface area (Å²) < 4.78 is 7.27. The maximum atomic E-state index is 12.1. The monoisotopic (exact) mass is 326 g/mol. The Hall–Kier alpha value is -2.63. The average molecular weight is 326 g/mol. The molecule has 0 bridgehead atoms. The molecule has 0 saturated heterocycles. The lowest BCUT2D eigenvalue weighted by Gasteiger charge is -2.06. The molecule has 1 N–H and O–H groups in total. The molecule has 0 aliphatic rings. The van der Waals surface area contributed by atoms with Gasteiger partial charge in [0.25, 0.3) is 5.91 Å². The highest BCUT2D eigenvalue weighted by Gasteiger charge is 2.15. The number of carbonyl (C=O) groups excluding carboxylic acids is 1. The van der Waals surface area contributed by atoms with E-state index in [-0.39, 0.29) is 17.6 Å². The molecule has 0 spiro atoms. The van der Waals surface area contributed by atoms with Gasteiger partial charge in [-0.05, 0) is 25.0 Å². The van der Waals surface area contributed by atoms with Gasteiger partial charge in [-0.3, -0.25) is 4.79 Å². The molecular formula is C18H22N4O2. The van der Waals surface area contributed by atoms with E-state index in [0.717, 1.165) is 29.1 Å². The van der Waals surface area contributed by atoms with Crippen LogP contribution in [-0.2, 0) is 13.0 Å². The lowest BCUT2D eigenvalue weighted by molar-refractivity contribution is 0.0917. The molecule has 0 atom stereocenters. The molecule has 1 amide bonds. The van der Waals surface area contributed by atoms with Crippen molar-refractivity contribution in [1.29, 1.82) is 0 Å². The van der Waals surface area contributed by atoms with Gasteiger partial charge in [0.05, 0.1) is 16.7 Å². The molecule has 6 nitrogen and oxygen atoms in total. The van der Waals surface area contributed by atoms with Gasteiger partial charge in [-0.1, -0.05) is 31.1 Å². The number of nitrogens with one attached hydrogen (secondary N) is 1. The van der Waals surface area contributed by atoms with Crippen molar-refractivity contribution in [2.45, 2.75) is 39.7 Å². The van der Waals surface area contributed by atoms with Crippen LogP contribution in [0, 0.1) is 0 Å². The molecule has 0 saturated carbocycles. The van der Waals surface area contributed by atoms with Crippen molar-refractivity contribution < 1.29 is 9.32 Å². The zero-order chi connectivity index (χ0) is 17.1. The van der Waals surface area contributed by atoms with E-state index in [1.165, 1.54) is 0 Å². The van der Waals surface area contributed by atoms with E-state index >= 15 is 0 Å². The number of aromatic nitrogens is 3. The van der Waals surface area contributed by atoms with Gasteiger partial charge in [-0.25, -0.2) is 4.98 Å². The van der Waals surface area contributed by atoms with Crippen molar-refractivity contribution in [3.8, 4) is 0 Å². The van der Waals surface area contributed by atoms with Crippen LogP contribution in [0.5, 0.6) is 0 Å². The summed E-state index contributed by atoms with van der Waals surface area (Å²) in [5.41, 5.74) is 2.89. The van der Waals surface area contributed by atoms with E-state index in [4.69, 9.17) is 4.52 Å². The fourth-order valence-electron chi connectivity index (χ4n) is 2.71. The molecule has 3 rings (SSSR count). The highest BCUT2D eigenvalue weighted by molar-refractivity contribution is 5.91. The summed E-state index contributed by atoms with van der Waals surface area (Å²) in [5, 5.41) is 6.78. The topological polar surface area (TPSA) is 73.0 Å². The van der Waals surface area contributed by atoms with Gasteiger partial charge >= 0.3 is 0 Å². The Labute approximate surface area is 140 Å². The van der Waals surface area contributed by atoms with Gasteiger partial charge in [0.15, 0.2) is 0 Å². The van der Waals surface area contributed by atoms with Crippen LogP contribution in [-0.4, -0.2) is 27.2 Å². The van der Waals surface area contributed by atoms with E-state index in [0.29, 0.717) is 13.0 Å². The van der Waals surface area contributed by atoms with Gasteiger partial charge in [0.1, 0.15) is 5.82 Å². The minimum Gasteiger partial charge on any atom is -0.351 e. The molecule has 0 aliphatic carbocycles.